The molecule has 0 N–H and O–H groups in total. The van der Waals surface area contributed by atoms with Gasteiger partial charge in [0.1, 0.15) is 10.4 Å². The Balaban J connectivity index is 2.60. The van der Waals surface area contributed by atoms with Gasteiger partial charge in [-0.25, -0.2) is 4.98 Å². The lowest BCUT2D eigenvalue weighted by Crippen LogP contribution is -1.91. The number of pyridine rings is 1. The van der Waals surface area contributed by atoms with E-state index in [1.807, 2.05) is 25.1 Å². The lowest BCUT2D eigenvalue weighted by Gasteiger charge is -2.05. The summed E-state index contributed by atoms with van der Waals surface area (Å²) in [6.45, 7) is 2.60. The Labute approximate surface area is 101 Å². The summed E-state index contributed by atoms with van der Waals surface area (Å²) in [5.41, 5.74) is 0.834. The van der Waals surface area contributed by atoms with Gasteiger partial charge in [0.25, 0.3) is 0 Å². The van der Waals surface area contributed by atoms with Crippen molar-refractivity contribution in [2.75, 3.05) is 6.61 Å². The first kappa shape index (κ1) is 10.7. The van der Waals surface area contributed by atoms with Crippen LogP contribution >= 0.6 is 27.5 Å². The van der Waals surface area contributed by atoms with Crippen LogP contribution in [0.15, 0.2) is 28.9 Å². The third kappa shape index (κ3) is 2.24. The van der Waals surface area contributed by atoms with E-state index >= 15 is 0 Å². The minimum atomic E-state index is 0.646. The van der Waals surface area contributed by atoms with E-state index < -0.39 is 0 Å². The van der Waals surface area contributed by atoms with Gasteiger partial charge in [-0.3, -0.25) is 0 Å². The Morgan fingerprint density at radius 1 is 1.40 bits per heavy atom. The molecule has 4 heteroatoms. The molecular formula is C11H9BrClNO. The van der Waals surface area contributed by atoms with E-state index in [0.717, 1.165) is 21.3 Å². The molecule has 0 aliphatic carbocycles. The van der Waals surface area contributed by atoms with Crippen LogP contribution in [0.1, 0.15) is 6.92 Å². The molecule has 78 valence electrons. The second-order valence-electron chi connectivity index (χ2n) is 3.04. The predicted octanol–water partition coefficient (Wildman–Crippen LogP) is 4.05. The molecule has 0 amide bonds. The zero-order valence-corrected chi connectivity index (χ0v) is 10.5. The first-order valence-corrected chi connectivity index (χ1v) is 5.76. The zero-order valence-electron chi connectivity index (χ0n) is 8.13. The molecule has 1 heterocycles. The summed E-state index contributed by atoms with van der Waals surface area (Å²) in [4.78, 5) is 4.33. The van der Waals surface area contributed by atoms with Crippen LogP contribution in [0.25, 0.3) is 10.9 Å². The van der Waals surface area contributed by atoms with Crippen LogP contribution in [0.5, 0.6) is 5.75 Å². The van der Waals surface area contributed by atoms with Crippen molar-refractivity contribution < 1.29 is 4.74 Å². The summed E-state index contributed by atoms with van der Waals surface area (Å²) in [6, 6.07) is 7.48. The Hall–Kier alpha value is -0.800. The van der Waals surface area contributed by atoms with Crippen molar-refractivity contribution >= 4 is 38.4 Å². The molecule has 0 spiro atoms. The summed E-state index contributed by atoms with van der Waals surface area (Å²) >= 11 is 9.39. The lowest BCUT2D eigenvalue weighted by molar-refractivity contribution is 0.340. The maximum absolute atomic E-state index is 6.08. The first-order chi connectivity index (χ1) is 7.20. The number of nitrogens with zero attached hydrogens (tertiary/aromatic N) is 1. The molecule has 2 aromatic rings. The topological polar surface area (TPSA) is 22.1 Å². The van der Waals surface area contributed by atoms with E-state index in [0.29, 0.717) is 11.6 Å². The summed E-state index contributed by atoms with van der Waals surface area (Å²) in [5, 5.41) is 1.62. The number of fused-ring (bicyclic) bond motifs is 1. The fourth-order valence-electron chi connectivity index (χ4n) is 1.39. The van der Waals surface area contributed by atoms with Gasteiger partial charge in [-0.15, -0.1) is 0 Å². The van der Waals surface area contributed by atoms with Gasteiger partial charge in [0.15, 0.2) is 0 Å². The molecule has 0 aliphatic rings. The fraction of sp³-hybridized carbons (Fsp3) is 0.182. The lowest BCUT2D eigenvalue weighted by atomic mass is 10.2. The fourth-order valence-corrected chi connectivity index (χ4v) is 2.21. The molecule has 0 saturated heterocycles. The van der Waals surface area contributed by atoms with E-state index in [-0.39, 0.29) is 0 Å². The second-order valence-corrected chi connectivity index (χ2v) is 4.26. The van der Waals surface area contributed by atoms with Crippen LogP contribution < -0.4 is 4.74 Å². The first-order valence-electron chi connectivity index (χ1n) is 4.59. The summed E-state index contributed by atoms with van der Waals surface area (Å²) < 4.78 is 6.13. The molecule has 1 aromatic carbocycles. The van der Waals surface area contributed by atoms with E-state index in [9.17, 15) is 0 Å². The summed E-state index contributed by atoms with van der Waals surface area (Å²) in [6.07, 6.45) is 0. The zero-order chi connectivity index (χ0) is 10.8. The third-order valence-corrected chi connectivity index (χ3v) is 2.73. The van der Waals surface area contributed by atoms with Crippen molar-refractivity contribution in [3.63, 3.8) is 0 Å². The number of ether oxygens (including phenoxy) is 1. The molecule has 0 saturated carbocycles. The Morgan fingerprint density at radius 2 is 2.20 bits per heavy atom. The van der Waals surface area contributed by atoms with Crippen LogP contribution in [-0.4, -0.2) is 11.6 Å². The Kier molecular flexibility index (Phi) is 3.12. The molecule has 0 atom stereocenters. The normalized spacial score (nSPS) is 10.6. The largest absolute Gasteiger partial charge is 0.494 e. The van der Waals surface area contributed by atoms with Crippen molar-refractivity contribution in [1.82, 2.24) is 4.98 Å². The van der Waals surface area contributed by atoms with Crippen molar-refractivity contribution in [2.45, 2.75) is 6.92 Å². The quantitative estimate of drug-likeness (QED) is 0.777. The van der Waals surface area contributed by atoms with Gasteiger partial charge < -0.3 is 4.74 Å². The number of halogens is 2. The molecule has 15 heavy (non-hydrogen) atoms. The van der Waals surface area contributed by atoms with Gasteiger partial charge in [-0.1, -0.05) is 11.6 Å². The van der Waals surface area contributed by atoms with Crippen LogP contribution in [0.3, 0.4) is 0 Å². The average molecular weight is 287 g/mol. The predicted molar refractivity (Wildman–Crippen MR) is 65.6 cm³/mol. The number of hydrogen-bond acceptors (Lipinski definition) is 2. The van der Waals surface area contributed by atoms with Crippen LogP contribution in [-0.2, 0) is 0 Å². The molecule has 2 rings (SSSR count). The van der Waals surface area contributed by atoms with Crippen molar-refractivity contribution in [1.29, 1.82) is 0 Å². The van der Waals surface area contributed by atoms with E-state index in [1.165, 1.54) is 0 Å². The maximum Gasteiger partial charge on any atom is 0.121 e. The summed E-state index contributed by atoms with van der Waals surface area (Å²) in [5.74, 6) is 0.812. The van der Waals surface area contributed by atoms with Gasteiger partial charge in [-0.05, 0) is 41.1 Å². The summed E-state index contributed by atoms with van der Waals surface area (Å²) in [7, 11) is 0. The molecule has 0 aliphatic heterocycles. The van der Waals surface area contributed by atoms with Gasteiger partial charge in [-0.2, -0.15) is 0 Å². The highest BCUT2D eigenvalue weighted by molar-refractivity contribution is 9.10. The maximum atomic E-state index is 6.08. The van der Waals surface area contributed by atoms with E-state index in [2.05, 4.69) is 20.9 Å². The third-order valence-electron chi connectivity index (χ3n) is 2.01. The molecule has 0 unspecified atom stereocenters. The molecule has 1 aromatic heterocycles. The monoisotopic (exact) mass is 285 g/mol. The van der Waals surface area contributed by atoms with Crippen LogP contribution in [0, 0.1) is 0 Å². The number of benzene rings is 1. The average Bonchev–Trinajstić information content (AvgIpc) is 2.17. The molecule has 0 fully saturated rings. The molecule has 0 radical (unpaired) electrons. The van der Waals surface area contributed by atoms with Gasteiger partial charge in [0.05, 0.1) is 17.1 Å². The highest BCUT2D eigenvalue weighted by Crippen LogP contribution is 2.28. The Bertz CT molecular complexity index is 501. The van der Waals surface area contributed by atoms with Crippen molar-refractivity contribution in [3.05, 3.63) is 33.9 Å². The van der Waals surface area contributed by atoms with Gasteiger partial charge in [0, 0.05) is 11.5 Å². The van der Waals surface area contributed by atoms with Crippen molar-refractivity contribution in [3.8, 4) is 5.75 Å². The van der Waals surface area contributed by atoms with Gasteiger partial charge in [0.2, 0.25) is 0 Å². The standard InChI is InChI=1S/C11H9BrClNO/c1-2-15-7-3-4-8-9(13)6-11(12)14-10(8)5-7/h3-6H,2H2,1H3. The van der Waals surface area contributed by atoms with Crippen molar-refractivity contribution in [2.24, 2.45) is 0 Å². The number of aromatic nitrogens is 1. The number of hydrogen-bond donors (Lipinski definition) is 0. The molecule has 2 nitrogen and oxygen atoms in total. The van der Waals surface area contributed by atoms with Crippen LogP contribution in [0.2, 0.25) is 5.02 Å². The van der Waals surface area contributed by atoms with E-state index in [4.69, 9.17) is 16.3 Å². The van der Waals surface area contributed by atoms with E-state index in [1.54, 1.807) is 6.07 Å². The number of rotatable bonds is 2. The van der Waals surface area contributed by atoms with Crippen LogP contribution in [0.4, 0.5) is 0 Å². The second kappa shape index (κ2) is 4.37. The minimum Gasteiger partial charge on any atom is -0.494 e. The Morgan fingerprint density at radius 3 is 2.93 bits per heavy atom. The molecule has 0 bridgehead atoms. The minimum absolute atomic E-state index is 0.646. The smallest absolute Gasteiger partial charge is 0.121 e. The SMILES string of the molecule is CCOc1ccc2c(Cl)cc(Br)nc2c1. The highest BCUT2D eigenvalue weighted by Gasteiger charge is 2.03. The highest BCUT2D eigenvalue weighted by atomic mass is 79.9. The molecular weight excluding hydrogens is 277 g/mol. The van der Waals surface area contributed by atoms with Gasteiger partial charge >= 0.3 is 0 Å².